The quantitative estimate of drug-likeness (QED) is 0.125. The summed E-state index contributed by atoms with van der Waals surface area (Å²) in [6.45, 7) is 7.41. The number of carbonyl (C=O) groups is 1. The van der Waals surface area contributed by atoms with Gasteiger partial charge in [-0.3, -0.25) is 4.79 Å². The molecule has 9 rings (SSSR count). The van der Waals surface area contributed by atoms with Gasteiger partial charge in [0.25, 0.3) is 0 Å². The van der Waals surface area contributed by atoms with Gasteiger partial charge in [0.05, 0.1) is 41.6 Å². The fraction of sp³-hybridized carbons (Fsp3) is 0.389. The van der Waals surface area contributed by atoms with Gasteiger partial charge in [-0.05, 0) is 135 Å². The lowest BCUT2D eigenvalue weighted by molar-refractivity contribution is -0.149. The number of piperidine rings is 2. The molecule has 0 spiro atoms. The number of nitrogens with zero attached hydrogens (tertiary/aromatic N) is 5. The van der Waals surface area contributed by atoms with Crippen molar-refractivity contribution in [3.05, 3.63) is 161 Å². The van der Waals surface area contributed by atoms with Crippen LogP contribution in [0.4, 0.5) is 14.7 Å². The molecule has 2 atom stereocenters. The first kappa shape index (κ1) is 50.9. The van der Waals surface area contributed by atoms with E-state index in [0.29, 0.717) is 25.0 Å². The molecule has 0 amide bonds. The lowest BCUT2D eigenvalue weighted by Crippen LogP contribution is -2.56. The van der Waals surface area contributed by atoms with Crippen molar-refractivity contribution in [2.75, 3.05) is 45.2 Å². The Bertz CT molecular complexity index is 2540. The number of carboxylic acid groups (broad SMARTS) is 1. The number of aromatic nitrogens is 2. The molecule has 13 heteroatoms. The zero-order chi connectivity index (χ0) is 45.4. The number of carboxylic acids is 1. The molecule has 5 aromatic carbocycles. The first-order valence-corrected chi connectivity index (χ1v) is 23.1. The smallest absolute Gasteiger partial charge is 0.314 e. The van der Waals surface area contributed by atoms with Gasteiger partial charge < -0.3 is 29.5 Å². The first-order valence-electron chi connectivity index (χ1n) is 23.1. The van der Waals surface area contributed by atoms with Gasteiger partial charge in [-0.25, -0.2) is 13.8 Å². The van der Waals surface area contributed by atoms with E-state index in [4.69, 9.17) is 9.72 Å². The van der Waals surface area contributed by atoms with Crippen LogP contribution in [-0.2, 0) is 28.6 Å². The van der Waals surface area contributed by atoms with Crippen LogP contribution in [0.3, 0.4) is 0 Å². The van der Waals surface area contributed by atoms with Crippen molar-refractivity contribution in [2.45, 2.75) is 87.7 Å². The Morgan fingerprint density at radius 3 is 2.01 bits per heavy atom. The predicted octanol–water partition coefficient (Wildman–Crippen LogP) is 11.1. The summed E-state index contributed by atoms with van der Waals surface area (Å²) in [4.78, 5) is 22.3. The van der Waals surface area contributed by atoms with Gasteiger partial charge in [-0.1, -0.05) is 85.8 Å². The molecule has 0 radical (unpaired) electrons. The van der Waals surface area contributed by atoms with E-state index in [9.17, 15) is 23.9 Å². The molecule has 0 bridgehead atoms. The fourth-order valence-electron chi connectivity index (χ4n) is 10.5. The number of rotatable bonds is 12. The number of methoxy groups -OCH3 is 1. The van der Waals surface area contributed by atoms with Gasteiger partial charge in [0, 0.05) is 38.3 Å². The maximum atomic E-state index is 13.4. The molecule has 3 heterocycles. The number of aliphatic carboxylic acids is 1. The van der Waals surface area contributed by atoms with Crippen molar-refractivity contribution in [3.63, 3.8) is 0 Å². The Balaban J connectivity index is 0.000000216. The van der Waals surface area contributed by atoms with Gasteiger partial charge in [-0.2, -0.15) is 5.26 Å². The average molecular weight is 952 g/mol. The second-order valence-electron chi connectivity index (χ2n) is 18.2. The molecule has 1 saturated carbocycles. The molecule has 3 aliphatic rings. The number of fused-ring (bicyclic) bond motifs is 1. The van der Waals surface area contributed by atoms with E-state index in [-0.39, 0.29) is 42.4 Å². The minimum absolute atomic E-state index is 0. The van der Waals surface area contributed by atoms with Crippen LogP contribution in [0.25, 0.3) is 11.0 Å². The number of likely N-dealkylation sites (tertiary alicyclic amines) is 2. The zero-order valence-corrected chi connectivity index (χ0v) is 40.0. The number of nitriles is 1. The third kappa shape index (κ3) is 11.6. The molecule has 354 valence electrons. The maximum Gasteiger partial charge on any atom is 0.314 e. The Labute approximate surface area is 406 Å². The molecule has 1 aliphatic carbocycles. The fourth-order valence-corrected chi connectivity index (χ4v) is 10.5. The summed E-state index contributed by atoms with van der Waals surface area (Å²) in [6, 6.07) is 42.5. The van der Waals surface area contributed by atoms with Gasteiger partial charge in [-0.15, -0.1) is 24.8 Å². The number of hydrogen-bond donors (Lipinski definition) is 2. The molecule has 3 fully saturated rings. The minimum atomic E-state index is -0.850. The Kier molecular flexibility index (Phi) is 17.5. The Morgan fingerprint density at radius 2 is 1.40 bits per heavy atom. The normalized spacial score (nSPS) is 22.3. The van der Waals surface area contributed by atoms with E-state index >= 15 is 0 Å². The first-order chi connectivity index (χ1) is 31.6. The van der Waals surface area contributed by atoms with Gasteiger partial charge in [0.1, 0.15) is 17.4 Å². The lowest BCUT2D eigenvalue weighted by atomic mass is 9.65. The maximum absolute atomic E-state index is 13.4. The van der Waals surface area contributed by atoms with E-state index in [1.807, 2.05) is 79.7 Å². The third-order valence-electron chi connectivity index (χ3n) is 14.5. The molecule has 1 aromatic heterocycles. The summed E-state index contributed by atoms with van der Waals surface area (Å²) in [5.74, 6) is 0.544. The molecule has 0 unspecified atom stereocenters. The van der Waals surface area contributed by atoms with Gasteiger partial charge in [0.2, 0.25) is 5.95 Å². The van der Waals surface area contributed by atoms with Crippen LogP contribution in [0.15, 0.2) is 127 Å². The number of halogens is 4. The Morgan fingerprint density at radius 1 is 0.791 bits per heavy atom. The number of nitrogens with one attached hydrogen (secondary N) is 1. The summed E-state index contributed by atoms with van der Waals surface area (Å²) in [5, 5.41) is 23.8. The van der Waals surface area contributed by atoms with Crippen LogP contribution in [0.2, 0.25) is 0 Å². The molecule has 9 nitrogen and oxygen atoms in total. The molecule has 6 aromatic rings. The van der Waals surface area contributed by atoms with Crippen LogP contribution < -0.4 is 10.1 Å². The molecular weight excluding hydrogens is 890 g/mol. The largest absolute Gasteiger partial charge is 0.497 e. The van der Waals surface area contributed by atoms with Gasteiger partial charge in [0.15, 0.2) is 0 Å². The topological polar surface area (TPSA) is 107 Å². The highest BCUT2D eigenvalue weighted by Gasteiger charge is 2.50. The number of benzene rings is 5. The molecular formula is C54H62Cl2F2N6O3. The van der Waals surface area contributed by atoms with E-state index in [1.165, 1.54) is 29.8 Å². The van der Waals surface area contributed by atoms with Crippen LogP contribution >= 0.6 is 24.8 Å². The van der Waals surface area contributed by atoms with Crippen LogP contribution in [0, 0.1) is 28.9 Å². The van der Waals surface area contributed by atoms with Crippen molar-refractivity contribution in [1.29, 1.82) is 5.26 Å². The van der Waals surface area contributed by atoms with Crippen molar-refractivity contribution in [1.82, 2.24) is 19.4 Å². The summed E-state index contributed by atoms with van der Waals surface area (Å²) >= 11 is 0. The average Bonchev–Trinajstić information content (AvgIpc) is 3.68. The second kappa shape index (κ2) is 23.0. The number of para-hydroxylation sites is 2. The standard InChI is InChI=1S/C28H31FN4O.C26H29FN2O2.2ClH/c1-34-25-12-8-21(9-13-25)14-17-32-18-15-24(16-19-32)30-28-31-26-4-2-3-5-27(26)33(28)20-22-6-10-23(29)11-7-22;1-19-17-29(16-15-26(19,24(30)31)21-5-3-2-4-6-21)23-11-13-25(18-28,14-12-23)20-7-9-22(27)10-8-20;;/h2-13,24H,14-20H2,1H3,(H,30,31);2-10,19,23H,11-17H2,1H3,(H,30,31);2*1H/t;19-,23?,25?,26-;;/m.1../s1. The third-order valence-corrected chi connectivity index (χ3v) is 14.5. The SMILES string of the molecule is COc1ccc(CCN2CCC(Nc3nc4ccccc4n3Cc3ccc(F)cc3)CC2)cc1.C[C@@H]1CN(C2CCC(C#N)(c3ccc(F)cc3)CC2)CC[C@]1(C(=O)O)c1ccccc1.Cl.Cl. The zero-order valence-electron chi connectivity index (χ0n) is 38.3. The van der Waals surface area contributed by atoms with Crippen molar-refractivity contribution in [3.8, 4) is 11.8 Å². The molecule has 2 N–H and O–H groups in total. The van der Waals surface area contributed by atoms with Crippen LogP contribution in [-0.4, -0.2) is 82.3 Å². The predicted molar refractivity (Wildman–Crippen MR) is 267 cm³/mol. The van der Waals surface area contributed by atoms with E-state index in [0.717, 1.165) is 117 Å². The number of ether oxygens (including phenoxy) is 1. The molecule has 2 saturated heterocycles. The van der Waals surface area contributed by atoms with E-state index in [1.54, 1.807) is 19.2 Å². The highest BCUT2D eigenvalue weighted by atomic mass is 35.5. The van der Waals surface area contributed by atoms with Crippen molar-refractivity contribution < 1.29 is 23.4 Å². The monoisotopic (exact) mass is 950 g/mol. The van der Waals surface area contributed by atoms with E-state index in [2.05, 4.69) is 44.0 Å². The number of imidazole rings is 1. The van der Waals surface area contributed by atoms with Crippen LogP contribution in [0.5, 0.6) is 5.75 Å². The minimum Gasteiger partial charge on any atom is -0.497 e. The number of anilines is 1. The highest BCUT2D eigenvalue weighted by Crippen LogP contribution is 2.45. The summed E-state index contributed by atoms with van der Waals surface area (Å²) in [5.41, 5.74) is 4.85. The van der Waals surface area contributed by atoms with Crippen LogP contribution in [0.1, 0.15) is 74.1 Å². The van der Waals surface area contributed by atoms with Gasteiger partial charge >= 0.3 is 5.97 Å². The van der Waals surface area contributed by atoms with Crippen molar-refractivity contribution in [2.24, 2.45) is 5.92 Å². The second-order valence-corrected chi connectivity index (χ2v) is 18.2. The highest BCUT2D eigenvalue weighted by molar-refractivity contribution is 5.85. The lowest BCUT2D eigenvalue weighted by Gasteiger charge is -2.48. The summed E-state index contributed by atoms with van der Waals surface area (Å²) in [6.07, 6.45) is 7.08. The molecule has 2 aliphatic heterocycles. The summed E-state index contributed by atoms with van der Waals surface area (Å²) in [7, 11) is 1.70. The summed E-state index contributed by atoms with van der Waals surface area (Å²) < 4.78 is 34.2. The van der Waals surface area contributed by atoms with E-state index < -0.39 is 16.8 Å². The van der Waals surface area contributed by atoms with Crippen molar-refractivity contribution >= 4 is 47.8 Å². The number of hydrogen-bond acceptors (Lipinski definition) is 7. The molecule has 67 heavy (non-hydrogen) atoms. The Hall–Kier alpha value is -5.51.